The molecule has 0 radical (unpaired) electrons. The van der Waals surface area contributed by atoms with Crippen molar-refractivity contribution in [3.8, 4) is 11.8 Å². The van der Waals surface area contributed by atoms with E-state index < -0.39 is 0 Å². The van der Waals surface area contributed by atoms with Gasteiger partial charge >= 0.3 is 0 Å². The minimum absolute atomic E-state index is 0.295. The fourth-order valence-electron chi connectivity index (χ4n) is 3.21. The van der Waals surface area contributed by atoms with Gasteiger partial charge in [0.05, 0.1) is 21.8 Å². The van der Waals surface area contributed by atoms with Crippen molar-refractivity contribution in [2.75, 3.05) is 5.75 Å². The number of aromatic amines is 1. The Morgan fingerprint density at radius 2 is 1.70 bits per heavy atom. The second-order valence-electron chi connectivity index (χ2n) is 6.40. The van der Waals surface area contributed by atoms with E-state index in [0.29, 0.717) is 38.7 Å². The summed E-state index contributed by atoms with van der Waals surface area (Å²) in [4.78, 5) is 39.2. The van der Waals surface area contributed by atoms with Crippen LogP contribution >= 0.6 is 11.8 Å². The highest BCUT2D eigenvalue weighted by atomic mass is 32.2. The van der Waals surface area contributed by atoms with Crippen molar-refractivity contribution >= 4 is 33.6 Å². The van der Waals surface area contributed by atoms with Crippen LogP contribution in [0.2, 0.25) is 0 Å². The van der Waals surface area contributed by atoms with Crippen LogP contribution in [0.4, 0.5) is 0 Å². The third-order valence-electron chi connectivity index (χ3n) is 4.59. The molecule has 9 nitrogen and oxygen atoms in total. The summed E-state index contributed by atoms with van der Waals surface area (Å²) in [5, 5.41) is 8.11. The minimum atomic E-state index is -0.335. The highest BCUT2D eigenvalue weighted by Gasteiger charge is 2.13. The number of nitrogens with zero attached hydrogens (tertiary/aromatic N) is 6. The molecule has 5 rings (SSSR count). The van der Waals surface area contributed by atoms with Gasteiger partial charge in [0.2, 0.25) is 11.1 Å². The SMILES string of the molecule is CCSc1n[nH]c(-n2ccc3nc4ccn(-c5ccccn5)c(=O)c4cc3c2=O)n1. The van der Waals surface area contributed by atoms with E-state index in [1.807, 2.05) is 6.92 Å². The summed E-state index contributed by atoms with van der Waals surface area (Å²) in [5.41, 5.74) is 0.384. The Balaban J connectivity index is 1.72. The second kappa shape index (κ2) is 7.23. The van der Waals surface area contributed by atoms with Crippen molar-refractivity contribution in [3.63, 3.8) is 0 Å². The maximum atomic E-state index is 13.1. The lowest BCUT2D eigenvalue weighted by molar-refractivity contribution is 0.901. The van der Waals surface area contributed by atoms with Crippen molar-refractivity contribution in [1.29, 1.82) is 0 Å². The molecule has 0 fully saturated rings. The topological polar surface area (TPSA) is 111 Å². The predicted octanol–water partition coefficient (Wildman–Crippen LogP) is 2.31. The van der Waals surface area contributed by atoms with Crippen LogP contribution in [0.5, 0.6) is 0 Å². The van der Waals surface area contributed by atoms with Gasteiger partial charge in [-0.2, -0.15) is 4.98 Å². The number of H-pyrrole nitrogens is 1. The summed E-state index contributed by atoms with van der Waals surface area (Å²) in [6.45, 7) is 2.00. The van der Waals surface area contributed by atoms with Crippen LogP contribution in [0, 0.1) is 0 Å². The summed E-state index contributed by atoms with van der Waals surface area (Å²) < 4.78 is 2.80. The van der Waals surface area contributed by atoms with Gasteiger partial charge in [-0.3, -0.25) is 18.7 Å². The lowest BCUT2D eigenvalue weighted by Crippen LogP contribution is -2.21. The van der Waals surface area contributed by atoms with Crippen LogP contribution < -0.4 is 11.1 Å². The molecular formula is C20H15N7O2S. The molecule has 0 saturated carbocycles. The number of nitrogens with one attached hydrogen (secondary N) is 1. The molecule has 5 aromatic heterocycles. The van der Waals surface area contributed by atoms with Gasteiger partial charge in [-0.05, 0) is 36.1 Å². The predicted molar refractivity (Wildman–Crippen MR) is 115 cm³/mol. The van der Waals surface area contributed by atoms with Gasteiger partial charge in [-0.15, -0.1) is 5.10 Å². The molecule has 0 saturated heterocycles. The zero-order chi connectivity index (χ0) is 20.7. The molecule has 0 aromatic carbocycles. The monoisotopic (exact) mass is 417 g/mol. The summed E-state index contributed by atoms with van der Waals surface area (Å²) in [6, 6.07) is 10.4. The molecule has 1 N–H and O–H groups in total. The normalized spacial score (nSPS) is 11.4. The van der Waals surface area contributed by atoms with Crippen LogP contribution in [0.1, 0.15) is 6.92 Å². The second-order valence-corrected chi connectivity index (χ2v) is 7.63. The molecule has 0 atom stereocenters. The summed E-state index contributed by atoms with van der Waals surface area (Å²) >= 11 is 1.47. The molecule has 0 bridgehead atoms. The first kappa shape index (κ1) is 18.3. The average Bonchev–Trinajstić information content (AvgIpc) is 3.23. The summed E-state index contributed by atoms with van der Waals surface area (Å²) in [6.07, 6.45) is 4.85. The van der Waals surface area contributed by atoms with Gasteiger partial charge in [0.15, 0.2) is 0 Å². The van der Waals surface area contributed by atoms with Gasteiger partial charge < -0.3 is 0 Å². The lowest BCUT2D eigenvalue weighted by atomic mass is 10.2. The van der Waals surface area contributed by atoms with Crippen LogP contribution in [0.25, 0.3) is 33.6 Å². The van der Waals surface area contributed by atoms with Gasteiger partial charge in [0.25, 0.3) is 11.1 Å². The van der Waals surface area contributed by atoms with E-state index in [4.69, 9.17) is 0 Å². The van der Waals surface area contributed by atoms with E-state index in [1.54, 1.807) is 55.0 Å². The van der Waals surface area contributed by atoms with Gasteiger partial charge in [-0.1, -0.05) is 24.8 Å². The highest BCUT2D eigenvalue weighted by Crippen LogP contribution is 2.17. The molecule has 0 aliphatic carbocycles. The van der Waals surface area contributed by atoms with Gasteiger partial charge in [0.1, 0.15) is 5.82 Å². The van der Waals surface area contributed by atoms with Crippen molar-refractivity contribution in [3.05, 3.63) is 75.7 Å². The van der Waals surface area contributed by atoms with E-state index in [2.05, 4.69) is 25.1 Å². The number of thioether (sulfide) groups is 1. The standard InChI is InChI=1S/C20H15N7O2S/c1-2-30-20-23-19(24-25-20)27-10-7-15-13(18(27)29)11-12-14(22-15)6-9-26(17(12)28)16-5-3-4-8-21-16/h3-11H,2H2,1H3,(H,23,24,25). The average molecular weight is 417 g/mol. The van der Waals surface area contributed by atoms with Crippen LogP contribution in [-0.4, -0.2) is 40.0 Å². The van der Waals surface area contributed by atoms with Crippen molar-refractivity contribution < 1.29 is 0 Å². The Bertz CT molecular complexity index is 1510. The number of rotatable bonds is 4. The number of aromatic nitrogens is 7. The first-order chi connectivity index (χ1) is 14.7. The highest BCUT2D eigenvalue weighted by molar-refractivity contribution is 7.99. The molecule has 30 heavy (non-hydrogen) atoms. The van der Waals surface area contributed by atoms with E-state index in [0.717, 1.165) is 5.75 Å². The molecule has 5 heterocycles. The number of hydrogen-bond donors (Lipinski definition) is 1. The third-order valence-corrected chi connectivity index (χ3v) is 5.32. The Morgan fingerprint density at radius 1 is 0.967 bits per heavy atom. The molecule has 0 spiro atoms. The van der Waals surface area contributed by atoms with Crippen molar-refractivity contribution in [2.45, 2.75) is 12.1 Å². The van der Waals surface area contributed by atoms with E-state index in [-0.39, 0.29) is 11.1 Å². The first-order valence-corrected chi connectivity index (χ1v) is 10.2. The Hall–Kier alpha value is -3.79. The Morgan fingerprint density at radius 3 is 2.40 bits per heavy atom. The first-order valence-electron chi connectivity index (χ1n) is 9.20. The molecule has 0 aliphatic heterocycles. The number of fused-ring (bicyclic) bond motifs is 2. The van der Waals surface area contributed by atoms with Gasteiger partial charge in [-0.25, -0.2) is 15.1 Å². The van der Waals surface area contributed by atoms with Crippen LogP contribution in [0.15, 0.2) is 69.7 Å². The smallest absolute Gasteiger partial charge is 0.266 e. The molecule has 0 unspecified atom stereocenters. The molecule has 5 aromatic rings. The summed E-state index contributed by atoms with van der Waals surface area (Å²) in [5.74, 6) is 1.64. The maximum Gasteiger partial charge on any atom is 0.266 e. The fraction of sp³-hybridized carbons (Fsp3) is 0.100. The molecule has 0 aliphatic rings. The van der Waals surface area contributed by atoms with E-state index in [9.17, 15) is 9.59 Å². The van der Waals surface area contributed by atoms with Crippen LogP contribution in [0.3, 0.4) is 0 Å². The maximum absolute atomic E-state index is 13.1. The molecule has 0 amide bonds. The fourth-order valence-corrected chi connectivity index (χ4v) is 3.73. The van der Waals surface area contributed by atoms with E-state index >= 15 is 0 Å². The van der Waals surface area contributed by atoms with Crippen molar-refractivity contribution in [2.24, 2.45) is 0 Å². The largest absolute Gasteiger partial charge is 0.268 e. The number of pyridine rings is 4. The van der Waals surface area contributed by atoms with Crippen molar-refractivity contribution in [1.82, 2.24) is 34.3 Å². The third kappa shape index (κ3) is 2.98. The quantitative estimate of drug-likeness (QED) is 0.353. The Labute approximate surface area is 173 Å². The molecule has 148 valence electrons. The Kier molecular flexibility index (Phi) is 4.40. The number of hydrogen-bond acceptors (Lipinski definition) is 7. The van der Waals surface area contributed by atoms with Gasteiger partial charge in [0, 0.05) is 18.6 Å². The molecular weight excluding hydrogens is 402 g/mol. The van der Waals surface area contributed by atoms with E-state index in [1.165, 1.54) is 20.9 Å². The summed E-state index contributed by atoms with van der Waals surface area (Å²) in [7, 11) is 0. The lowest BCUT2D eigenvalue weighted by Gasteiger charge is -2.08. The molecule has 10 heteroatoms. The zero-order valence-corrected chi connectivity index (χ0v) is 16.6. The van der Waals surface area contributed by atoms with Crippen LogP contribution in [-0.2, 0) is 0 Å². The zero-order valence-electron chi connectivity index (χ0n) is 15.8. The minimum Gasteiger partial charge on any atom is -0.268 e.